The van der Waals surface area contributed by atoms with Crippen molar-refractivity contribution in [3.63, 3.8) is 0 Å². The van der Waals surface area contributed by atoms with Gasteiger partial charge in [-0.3, -0.25) is 10.2 Å². The monoisotopic (exact) mass is 214 g/mol. The van der Waals surface area contributed by atoms with Crippen molar-refractivity contribution >= 4 is 16.8 Å². The van der Waals surface area contributed by atoms with Crippen LogP contribution in [0, 0.1) is 11.3 Å². The van der Waals surface area contributed by atoms with Gasteiger partial charge >= 0.3 is 0 Å². The second-order valence-electron chi connectivity index (χ2n) is 3.36. The molecule has 0 saturated heterocycles. The van der Waals surface area contributed by atoms with Gasteiger partial charge in [-0.25, -0.2) is 5.84 Å². The molecule has 1 amide bonds. The molecule has 80 valence electrons. The molecule has 2 rings (SSSR count). The standard InChI is InChI=1S/C11H10N4O/c12-6-8-2-1-3-10-9(8)4-5-15(10)7-11(16)14-13/h1-5H,7,13H2,(H,14,16). The number of fused-ring (bicyclic) bond motifs is 1. The van der Waals surface area contributed by atoms with Crippen LogP contribution in [0.3, 0.4) is 0 Å². The van der Waals surface area contributed by atoms with Crippen molar-refractivity contribution in [3.8, 4) is 6.07 Å². The summed E-state index contributed by atoms with van der Waals surface area (Å²) in [6.45, 7) is 0.148. The van der Waals surface area contributed by atoms with Gasteiger partial charge in [-0.05, 0) is 18.2 Å². The Kier molecular flexibility index (Phi) is 2.58. The number of rotatable bonds is 2. The minimum atomic E-state index is -0.278. The topological polar surface area (TPSA) is 83.8 Å². The van der Waals surface area contributed by atoms with Crippen LogP contribution >= 0.6 is 0 Å². The Bertz CT molecular complexity index is 579. The molecule has 0 bridgehead atoms. The summed E-state index contributed by atoms with van der Waals surface area (Å²) in [5, 5.41) is 9.76. The third-order valence-electron chi connectivity index (χ3n) is 2.41. The maximum Gasteiger partial charge on any atom is 0.253 e. The normalized spacial score (nSPS) is 10.0. The first-order chi connectivity index (χ1) is 7.76. The lowest BCUT2D eigenvalue weighted by atomic mass is 10.1. The van der Waals surface area contributed by atoms with Crippen LogP contribution < -0.4 is 11.3 Å². The zero-order valence-corrected chi connectivity index (χ0v) is 8.47. The molecule has 1 aromatic carbocycles. The summed E-state index contributed by atoms with van der Waals surface area (Å²) in [5.41, 5.74) is 3.52. The molecule has 0 unspecified atom stereocenters. The Morgan fingerprint density at radius 2 is 2.31 bits per heavy atom. The summed E-state index contributed by atoms with van der Waals surface area (Å²) >= 11 is 0. The summed E-state index contributed by atoms with van der Waals surface area (Å²) in [6.07, 6.45) is 1.76. The Morgan fingerprint density at radius 3 is 3.00 bits per heavy atom. The number of hydrogen-bond donors (Lipinski definition) is 2. The zero-order chi connectivity index (χ0) is 11.5. The van der Waals surface area contributed by atoms with Gasteiger partial charge in [-0.1, -0.05) is 6.07 Å². The number of nitrogens with one attached hydrogen (secondary N) is 1. The second kappa shape index (κ2) is 4.04. The SMILES string of the molecule is N#Cc1cccc2c1ccn2CC(=O)NN. The second-order valence-corrected chi connectivity index (χ2v) is 3.36. The average molecular weight is 214 g/mol. The number of amides is 1. The van der Waals surface area contributed by atoms with Gasteiger partial charge in [0.2, 0.25) is 0 Å². The van der Waals surface area contributed by atoms with Gasteiger partial charge in [-0.2, -0.15) is 5.26 Å². The van der Waals surface area contributed by atoms with E-state index in [2.05, 4.69) is 11.5 Å². The lowest BCUT2D eigenvalue weighted by molar-refractivity contribution is -0.121. The number of nitrogens with two attached hydrogens (primary N) is 1. The summed E-state index contributed by atoms with van der Waals surface area (Å²) in [6, 6.07) is 9.33. The summed E-state index contributed by atoms with van der Waals surface area (Å²) < 4.78 is 1.75. The van der Waals surface area contributed by atoms with E-state index in [-0.39, 0.29) is 12.5 Å². The van der Waals surface area contributed by atoms with Gasteiger partial charge in [-0.15, -0.1) is 0 Å². The molecule has 0 fully saturated rings. The molecule has 0 radical (unpaired) electrons. The fraction of sp³-hybridized carbons (Fsp3) is 0.0909. The zero-order valence-electron chi connectivity index (χ0n) is 8.47. The molecule has 0 spiro atoms. The minimum absolute atomic E-state index is 0.148. The predicted molar refractivity (Wildman–Crippen MR) is 59.0 cm³/mol. The molecule has 0 aliphatic heterocycles. The number of hydrogen-bond acceptors (Lipinski definition) is 3. The largest absolute Gasteiger partial charge is 0.338 e. The molecule has 3 N–H and O–H groups in total. The fourth-order valence-electron chi connectivity index (χ4n) is 1.66. The summed E-state index contributed by atoms with van der Waals surface area (Å²) in [4.78, 5) is 11.2. The van der Waals surface area contributed by atoms with Crippen LogP contribution in [0.4, 0.5) is 0 Å². The van der Waals surface area contributed by atoms with Crippen LogP contribution in [0.2, 0.25) is 0 Å². The Morgan fingerprint density at radius 1 is 1.50 bits per heavy atom. The van der Waals surface area contributed by atoms with E-state index in [0.29, 0.717) is 5.56 Å². The van der Waals surface area contributed by atoms with Crippen LogP contribution in [-0.2, 0) is 11.3 Å². The average Bonchev–Trinajstić information content (AvgIpc) is 2.72. The molecule has 1 aromatic heterocycles. The molecule has 1 heterocycles. The first-order valence-electron chi connectivity index (χ1n) is 4.73. The van der Waals surface area contributed by atoms with E-state index in [9.17, 15) is 4.79 Å². The molecule has 5 nitrogen and oxygen atoms in total. The number of benzene rings is 1. The molecule has 0 saturated carbocycles. The van der Waals surface area contributed by atoms with Crippen molar-refractivity contribution in [2.24, 2.45) is 5.84 Å². The molecular formula is C11H10N4O. The maximum absolute atomic E-state index is 11.2. The van der Waals surface area contributed by atoms with Crippen LogP contribution in [0.15, 0.2) is 30.5 Å². The number of carbonyl (C=O) groups excluding carboxylic acids is 1. The van der Waals surface area contributed by atoms with E-state index < -0.39 is 0 Å². The molecular weight excluding hydrogens is 204 g/mol. The van der Waals surface area contributed by atoms with E-state index in [1.54, 1.807) is 22.9 Å². The third-order valence-corrected chi connectivity index (χ3v) is 2.41. The molecule has 0 aliphatic carbocycles. The number of carbonyl (C=O) groups is 1. The van der Waals surface area contributed by atoms with Gasteiger partial charge < -0.3 is 4.57 Å². The first-order valence-corrected chi connectivity index (χ1v) is 4.73. The van der Waals surface area contributed by atoms with E-state index in [1.165, 1.54) is 0 Å². The molecule has 0 aliphatic rings. The van der Waals surface area contributed by atoms with Gasteiger partial charge in [0.25, 0.3) is 5.91 Å². The summed E-state index contributed by atoms with van der Waals surface area (Å²) in [5.74, 6) is 4.75. The van der Waals surface area contributed by atoms with Gasteiger partial charge in [0.1, 0.15) is 6.54 Å². The first kappa shape index (κ1) is 10.2. The summed E-state index contributed by atoms with van der Waals surface area (Å²) in [7, 11) is 0. The number of nitrogens with zero attached hydrogens (tertiary/aromatic N) is 2. The highest BCUT2D eigenvalue weighted by molar-refractivity contribution is 5.87. The van der Waals surface area contributed by atoms with E-state index in [4.69, 9.17) is 11.1 Å². The smallest absolute Gasteiger partial charge is 0.253 e. The Balaban J connectivity index is 2.50. The lowest BCUT2D eigenvalue weighted by Gasteiger charge is -2.03. The number of hydrazine groups is 1. The van der Waals surface area contributed by atoms with Crippen LogP contribution in [0.5, 0.6) is 0 Å². The molecule has 16 heavy (non-hydrogen) atoms. The van der Waals surface area contributed by atoms with Gasteiger partial charge in [0.05, 0.1) is 11.6 Å². The Labute approximate surface area is 92.0 Å². The highest BCUT2D eigenvalue weighted by atomic mass is 16.2. The quantitative estimate of drug-likeness (QED) is 0.434. The van der Waals surface area contributed by atoms with Crippen LogP contribution in [-0.4, -0.2) is 10.5 Å². The van der Waals surface area contributed by atoms with Crippen molar-refractivity contribution in [1.29, 1.82) is 5.26 Å². The van der Waals surface area contributed by atoms with E-state index in [0.717, 1.165) is 10.9 Å². The van der Waals surface area contributed by atoms with Crippen LogP contribution in [0.1, 0.15) is 5.56 Å². The molecule has 5 heteroatoms. The number of nitriles is 1. The number of aromatic nitrogens is 1. The van der Waals surface area contributed by atoms with Crippen LogP contribution in [0.25, 0.3) is 10.9 Å². The van der Waals surface area contributed by atoms with Crippen molar-refractivity contribution in [3.05, 3.63) is 36.0 Å². The van der Waals surface area contributed by atoms with Crippen molar-refractivity contribution < 1.29 is 4.79 Å². The molecule has 0 atom stereocenters. The minimum Gasteiger partial charge on any atom is -0.338 e. The van der Waals surface area contributed by atoms with Gasteiger partial charge in [0, 0.05) is 17.1 Å². The fourth-order valence-corrected chi connectivity index (χ4v) is 1.66. The third kappa shape index (κ3) is 1.62. The van der Waals surface area contributed by atoms with E-state index in [1.807, 2.05) is 12.1 Å². The van der Waals surface area contributed by atoms with Crippen molar-refractivity contribution in [1.82, 2.24) is 9.99 Å². The van der Waals surface area contributed by atoms with Crippen molar-refractivity contribution in [2.45, 2.75) is 6.54 Å². The van der Waals surface area contributed by atoms with Gasteiger partial charge in [0.15, 0.2) is 0 Å². The van der Waals surface area contributed by atoms with Crippen molar-refractivity contribution in [2.75, 3.05) is 0 Å². The van der Waals surface area contributed by atoms with E-state index >= 15 is 0 Å². The maximum atomic E-state index is 11.2. The highest BCUT2D eigenvalue weighted by Crippen LogP contribution is 2.19. The lowest BCUT2D eigenvalue weighted by Crippen LogP contribution is -2.33. The highest BCUT2D eigenvalue weighted by Gasteiger charge is 2.07. The molecule has 2 aromatic rings. The Hall–Kier alpha value is -2.32. The predicted octanol–water partition coefficient (Wildman–Crippen LogP) is 0.503.